The van der Waals surface area contributed by atoms with E-state index in [0.717, 1.165) is 11.8 Å². The molecule has 0 heterocycles. The van der Waals surface area contributed by atoms with Crippen molar-refractivity contribution >= 4 is 12.0 Å². The van der Waals surface area contributed by atoms with Crippen LogP contribution in [0.15, 0.2) is 54.7 Å². The molecule has 0 atom stereocenters. The van der Waals surface area contributed by atoms with Gasteiger partial charge in [0.2, 0.25) is 6.20 Å². The zero-order chi connectivity index (χ0) is 15.9. The van der Waals surface area contributed by atoms with Crippen LogP contribution in [0.3, 0.4) is 0 Å². The Labute approximate surface area is 126 Å². The molecule has 0 unspecified atom stereocenters. The first-order valence-corrected chi connectivity index (χ1v) is 6.41. The molecule has 112 valence electrons. The molecule has 0 aliphatic heterocycles. The first-order chi connectivity index (χ1) is 10.5. The number of carboxylic acids is 1. The molecule has 0 saturated carbocycles. The SMILES string of the molecule is O=C(O)c1cccc(COc2ccc(/C=C/[N+](=O)[O-])cc2)c1. The number of carboxylic acid groups (broad SMARTS) is 1. The van der Waals surface area contributed by atoms with Crippen LogP contribution in [-0.2, 0) is 6.61 Å². The van der Waals surface area contributed by atoms with Crippen LogP contribution in [0.2, 0.25) is 0 Å². The summed E-state index contributed by atoms with van der Waals surface area (Å²) in [5.74, 6) is -0.386. The molecule has 0 radical (unpaired) electrons. The lowest BCUT2D eigenvalue weighted by atomic mass is 10.1. The van der Waals surface area contributed by atoms with Crippen molar-refractivity contribution in [3.63, 3.8) is 0 Å². The third kappa shape index (κ3) is 4.45. The molecule has 2 aromatic rings. The van der Waals surface area contributed by atoms with Gasteiger partial charge in [0.05, 0.1) is 10.5 Å². The second-order valence-corrected chi connectivity index (χ2v) is 4.46. The number of nitrogens with zero attached hydrogens (tertiary/aromatic N) is 1. The van der Waals surface area contributed by atoms with E-state index in [2.05, 4.69) is 0 Å². The van der Waals surface area contributed by atoms with Gasteiger partial charge in [0.1, 0.15) is 12.4 Å². The predicted molar refractivity (Wildman–Crippen MR) is 80.2 cm³/mol. The van der Waals surface area contributed by atoms with E-state index in [4.69, 9.17) is 9.84 Å². The topological polar surface area (TPSA) is 89.7 Å². The van der Waals surface area contributed by atoms with Crippen LogP contribution in [0.25, 0.3) is 6.08 Å². The molecule has 0 aliphatic carbocycles. The Kier molecular flexibility index (Phi) is 4.87. The molecule has 0 aliphatic rings. The molecular weight excluding hydrogens is 286 g/mol. The van der Waals surface area contributed by atoms with Gasteiger partial charge in [-0.05, 0) is 35.4 Å². The number of benzene rings is 2. The Morgan fingerprint density at radius 1 is 1.23 bits per heavy atom. The zero-order valence-electron chi connectivity index (χ0n) is 11.5. The largest absolute Gasteiger partial charge is 0.489 e. The van der Waals surface area contributed by atoms with Gasteiger partial charge in [-0.25, -0.2) is 4.79 Å². The lowest BCUT2D eigenvalue weighted by molar-refractivity contribution is -0.400. The number of carbonyl (C=O) groups is 1. The number of rotatable bonds is 6. The molecule has 0 saturated heterocycles. The Bertz CT molecular complexity index is 707. The van der Waals surface area contributed by atoms with E-state index in [1.807, 2.05) is 0 Å². The van der Waals surface area contributed by atoms with Crippen LogP contribution in [0.4, 0.5) is 0 Å². The highest BCUT2D eigenvalue weighted by molar-refractivity contribution is 5.87. The molecule has 22 heavy (non-hydrogen) atoms. The Hall–Kier alpha value is -3.15. The number of hydrogen-bond acceptors (Lipinski definition) is 4. The van der Waals surface area contributed by atoms with E-state index in [-0.39, 0.29) is 12.2 Å². The van der Waals surface area contributed by atoms with Crippen LogP contribution in [-0.4, -0.2) is 16.0 Å². The van der Waals surface area contributed by atoms with E-state index in [9.17, 15) is 14.9 Å². The third-order valence-corrected chi connectivity index (χ3v) is 2.85. The van der Waals surface area contributed by atoms with Crippen LogP contribution in [0, 0.1) is 10.1 Å². The predicted octanol–water partition coefficient (Wildman–Crippen LogP) is 3.21. The summed E-state index contributed by atoms with van der Waals surface area (Å²) in [5.41, 5.74) is 1.65. The maximum atomic E-state index is 10.9. The van der Waals surface area contributed by atoms with Crippen LogP contribution in [0.5, 0.6) is 5.75 Å². The zero-order valence-corrected chi connectivity index (χ0v) is 11.5. The van der Waals surface area contributed by atoms with Gasteiger partial charge < -0.3 is 9.84 Å². The van der Waals surface area contributed by atoms with E-state index >= 15 is 0 Å². The van der Waals surface area contributed by atoms with Gasteiger partial charge >= 0.3 is 5.97 Å². The fourth-order valence-electron chi connectivity index (χ4n) is 1.78. The highest BCUT2D eigenvalue weighted by atomic mass is 16.6. The molecule has 0 spiro atoms. The Balaban J connectivity index is 1.98. The number of ether oxygens (including phenoxy) is 1. The molecule has 0 fully saturated rings. The highest BCUT2D eigenvalue weighted by Crippen LogP contribution is 2.15. The first kappa shape index (κ1) is 15.2. The molecule has 0 bridgehead atoms. The van der Waals surface area contributed by atoms with Gasteiger partial charge in [-0.15, -0.1) is 0 Å². The maximum Gasteiger partial charge on any atom is 0.335 e. The molecule has 1 N–H and O–H groups in total. The number of aromatic carboxylic acids is 1. The van der Waals surface area contributed by atoms with Crippen molar-refractivity contribution in [2.75, 3.05) is 0 Å². The molecule has 2 rings (SSSR count). The van der Waals surface area contributed by atoms with Crippen molar-refractivity contribution in [3.8, 4) is 5.75 Å². The van der Waals surface area contributed by atoms with Gasteiger partial charge in [0, 0.05) is 6.08 Å². The monoisotopic (exact) mass is 299 g/mol. The van der Waals surface area contributed by atoms with Gasteiger partial charge in [0.15, 0.2) is 0 Å². The fourth-order valence-corrected chi connectivity index (χ4v) is 1.78. The standard InChI is InChI=1S/C16H13NO5/c18-16(19)14-3-1-2-13(10-14)11-22-15-6-4-12(5-7-15)8-9-17(20)21/h1-10H,11H2,(H,18,19)/b9-8+. The summed E-state index contributed by atoms with van der Waals surface area (Å²) in [5, 5.41) is 19.1. The molecule has 6 nitrogen and oxygen atoms in total. The van der Waals surface area contributed by atoms with Crippen LogP contribution >= 0.6 is 0 Å². The number of hydrogen-bond donors (Lipinski definition) is 1. The van der Waals surface area contributed by atoms with E-state index < -0.39 is 10.9 Å². The summed E-state index contributed by atoms with van der Waals surface area (Å²) < 4.78 is 5.56. The molecule has 0 amide bonds. The van der Waals surface area contributed by atoms with Crippen molar-refractivity contribution in [1.82, 2.24) is 0 Å². The first-order valence-electron chi connectivity index (χ1n) is 6.41. The lowest BCUT2D eigenvalue weighted by Gasteiger charge is -2.07. The summed E-state index contributed by atoms with van der Waals surface area (Å²) in [4.78, 5) is 20.6. The van der Waals surface area contributed by atoms with Crippen molar-refractivity contribution < 1.29 is 19.6 Å². The minimum atomic E-state index is -0.983. The van der Waals surface area contributed by atoms with Gasteiger partial charge in [-0.2, -0.15) is 0 Å². The lowest BCUT2D eigenvalue weighted by Crippen LogP contribution is -2.00. The summed E-state index contributed by atoms with van der Waals surface area (Å²) in [6.45, 7) is 0.241. The van der Waals surface area contributed by atoms with Gasteiger partial charge in [0.25, 0.3) is 0 Å². The summed E-state index contributed by atoms with van der Waals surface area (Å²) in [6, 6.07) is 13.3. The van der Waals surface area contributed by atoms with E-state index in [1.165, 1.54) is 12.1 Å². The smallest absolute Gasteiger partial charge is 0.335 e. The maximum absolute atomic E-state index is 10.9. The molecule has 0 aromatic heterocycles. The van der Waals surface area contributed by atoms with E-state index in [1.54, 1.807) is 42.5 Å². The van der Waals surface area contributed by atoms with Crippen LogP contribution in [0.1, 0.15) is 21.5 Å². The second kappa shape index (κ2) is 7.03. The summed E-state index contributed by atoms with van der Waals surface area (Å²) in [6.07, 6.45) is 2.26. The van der Waals surface area contributed by atoms with Gasteiger partial charge in [-0.1, -0.05) is 24.3 Å². The minimum Gasteiger partial charge on any atom is -0.489 e. The van der Waals surface area contributed by atoms with Crippen molar-refractivity contribution in [1.29, 1.82) is 0 Å². The van der Waals surface area contributed by atoms with Crippen molar-refractivity contribution in [2.24, 2.45) is 0 Å². The normalized spacial score (nSPS) is 10.5. The molecule has 2 aromatic carbocycles. The Morgan fingerprint density at radius 3 is 2.59 bits per heavy atom. The fraction of sp³-hybridized carbons (Fsp3) is 0.0625. The second-order valence-electron chi connectivity index (χ2n) is 4.46. The average Bonchev–Trinajstić information content (AvgIpc) is 2.52. The number of nitro groups is 1. The summed E-state index contributed by atoms with van der Waals surface area (Å²) in [7, 11) is 0. The van der Waals surface area contributed by atoms with E-state index in [0.29, 0.717) is 11.3 Å². The van der Waals surface area contributed by atoms with Crippen molar-refractivity contribution in [2.45, 2.75) is 6.61 Å². The molecular formula is C16H13NO5. The Morgan fingerprint density at radius 2 is 1.95 bits per heavy atom. The van der Waals surface area contributed by atoms with Gasteiger partial charge in [-0.3, -0.25) is 10.1 Å². The summed E-state index contributed by atoms with van der Waals surface area (Å²) >= 11 is 0. The van der Waals surface area contributed by atoms with Crippen molar-refractivity contribution in [3.05, 3.63) is 81.5 Å². The highest BCUT2D eigenvalue weighted by Gasteiger charge is 2.03. The van der Waals surface area contributed by atoms with Crippen LogP contribution < -0.4 is 4.74 Å². The molecule has 6 heteroatoms. The third-order valence-electron chi connectivity index (χ3n) is 2.85. The quantitative estimate of drug-likeness (QED) is 0.653. The minimum absolute atomic E-state index is 0.210. The average molecular weight is 299 g/mol.